The molecule has 1 fully saturated rings. The topological polar surface area (TPSA) is 94.0 Å². The van der Waals surface area contributed by atoms with Crippen molar-refractivity contribution in [2.75, 3.05) is 6.61 Å². The number of ether oxygens (including phenoxy) is 1. The molecule has 0 saturated carbocycles. The summed E-state index contributed by atoms with van der Waals surface area (Å²) in [6, 6.07) is 0. The van der Waals surface area contributed by atoms with E-state index in [9.17, 15) is 4.91 Å². The maximum Gasteiger partial charge on any atom is 0.103 e. The van der Waals surface area contributed by atoms with Crippen molar-refractivity contribution in [2.45, 2.75) is 31.9 Å². The number of hydrogen-bond acceptors (Lipinski definition) is 5. The van der Waals surface area contributed by atoms with Crippen LogP contribution in [0.15, 0.2) is 52.0 Å². The van der Waals surface area contributed by atoms with Crippen molar-refractivity contribution in [3.63, 3.8) is 0 Å². The first-order valence-electron chi connectivity index (χ1n) is 7.23. The molecule has 4 atom stereocenters. The van der Waals surface area contributed by atoms with Gasteiger partial charge in [-0.1, -0.05) is 18.2 Å². The Balaban J connectivity index is 2.18. The van der Waals surface area contributed by atoms with E-state index in [4.69, 9.17) is 16.2 Å². The Bertz CT molecular complexity index is 595. The number of nitroso groups, excluding NO2 is 1. The summed E-state index contributed by atoms with van der Waals surface area (Å²) in [7, 11) is 0. The molecule has 3 rings (SSSR count). The van der Waals surface area contributed by atoms with Crippen molar-refractivity contribution in [2.24, 2.45) is 28.5 Å². The first-order valence-corrected chi connectivity index (χ1v) is 7.23. The van der Waals surface area contributed by atoms with E-state index >= 15 is 0 Å². The van der Waals surface area contributed by atoms with Crippen LogP contribution in [-0.2, 0) is 4.74 Å². The molecular formula is C16H21N3O2. The summed E-state index contributed by atoms with van der Waals surface area (Å²) in [5.41, 5.74) is 15.5. The van der Waals surface area contributed by atoms with Crippen LogP contribution in [0.25, 0.3) is 0 Å². The average Bonchev–Trinajstić information content (AvgIpc) is 3.24. The largest absolute Gasteiger partial charge is 0.402 e. The Labute approximate surface area is 124 Å². The smallest absolute Gasteiger partial charge is 0.103 e. The summed E-state index contributed by atoms with van der Waals surface area (Å²) in [5, 5.41) is 3.13. The highest BCUT2D eigenvalue weighted by atomic mass is 16.6. The zero-order valence-corrected chi connectivity index (χ0v) is 12.4. The lowest BCUT2D eigenvalue weighted by Gasteiger charge is -2.38. The van der Waals surface area contributed by atoms with Crippen LogP contribution in [0.3, 0.4) is 0 Å². The number of fused-ring (bicyclic) bond motifs is 2. The minimum atomic E-state index is -0.573. The van der Waals surface area contributed by atoms with Gasteiger partial charge in [-0.05, 0) is 36.2 Å². The normalized spacial score (nSPS) is 38.9. The van der Waals surface area contributed by atoms with Crippen molar-refractivity contribution < 1.29 is 4.74 Å². The number of rotatable bonds is 2. The van der Waals surface area contributed by atoms with E-state index in [2.05, 4.69) is 24.3 Å². The van der Waals surface area contributed by atoms with Gasteiger partial charge < -0.3 is 16.2 Å². The third kappa shape index (κ3) is 2.47. The molecule has 112 valence electrons. The standard InChI is InChI=1S/C16H21N3O2/c1-9-3-4-10-5-11(17)6-12(19-20)7-13(16(10,2)18)15(9)14-8-21-14/h3-5,7,10,13-14H,6,8,17-18H2,1-2H3. The molecule has 21 heavy (non-hydrogen) atoms. The third-order valence-electron chi connectivity index (χ3n) is 4.67. The number of nitrogens with zero attached hydrogens (tertiary/aromatic N) is 1. The SMILES string of the molecule is CC1=C(C2CO2)C2C=C(N=O)CC(N)=CC(C=C1)C2(C)N. The number of epoxide rings is 1. The van der Waals surface area contributed by atoms with Gasteiger partial charge in [-0.3, -0.25) is 0 Å². The van der Waals surface area contributed by atoms with E-state index in [0.29, 0.717) is 24.4 Å². The Morgan fingerprint density at radius 1 is 1.43 bits per heavy atom. The molecule has 5 nitrogen and oxygen atoms in total. The van der Waals surface area contributed by atoms with E-state index in [-0.39, 0.29) is 17.9 Å². The molecule has 0 spiro atoms. The third-order valence-corrected chi connectivity index (χ3v) is 4.67. The Kier molecular flexibility index (Phi) is 3.34. The fourth-order valence-corrected chi connectivity index (χ4v) is 3.34. The van der Waals surface area contributed by atoms with Crippen molar-refractivity contribution in [3.05, 3.63) is 51.8 Å². The molecular weight excluding hydrogens is 266 g/mol. The van der Waals surface area contributed by atoms with Gasteiger partial charge in [0.1, 0.15) is 6.10 Å². The minimum Gasteiger partial charge on any atom is -0.402 e. The number of hydrogen-bond donors (Lipinski definition) is 2. The molecule has 5 heteroatoms. The van der Waals surface area contributed by atoms with Crippen LogP contribution in [0.2, 0.25) is 0 Å². The second-order valence-corrected chi connectivity index (χ2v) is 6.36. The van der Waals surface area contributed by atoms with Crippen molar-refractivity contribution in [1.82, 2.24) is 0 Å². The quantitative estimate of drug-likeness (QED) is 0.601. The lowest BCUT2D eigenvalue weighted by atomic mass is 9.70. The van der Waals surface area contributed by atoms with Crippen LogP contribution >= 0.6 is 0 Å². The zero-order chi connectivity index (χ0) is 15.2. The van der Waals surface area contributed by atoms with Crippen molar-refractivity contribution in [1.29, 1.82) is 0 Å². The molecule has 4 unspecified atom stereocenters. The molecule has 2 aliphatic carbocycles. The summed E-state index contributed by atoms with van der Waals surface area (Å²) in [6.45, 7) is 4.78. The predicted octanol–water partition coefficient (Wildman–Crippen LogP) is 2.12. The van der Waals surface area contributed by atoms with Gasteiger partial charge in [0.15, 0.2) is 0 Å². The Morgan fingerprint density at radius 2 is 2.14 bits per heavy atom. The fourth-order valence-electron chi connectivity index (χ4n) is 3.34. The average molecular weight is 287 g/mol. The summed E-state index contributed by atoms with van der Waals surface area (Å²) in [6.07, 6.45) is 8.49. The minimum absolute atomic E-state index is 0.0122. The molecule has 1 saturated heterocycles. The van der Waals surface area contributed by atoms with Crippen LogP contribution in [0, 0.1) is 16.7 Å². The lowest BCUT2D eigenvalue weighted by Crippen LogP contribution is -2.50. The molecule has 0 amide bonds. The summed E-state index contributed by atoms with van der Waals surface area (Å²) in [4.78, 5) is 11.1. The van der Waals surface area contributed by atoms with Gasteiger partial charge in [-0.2, -0.15) is 0 Å². The Morgan fingerprint density at radius 3 is 2.76 bits per heavy atom. The maximum absolute atomic E-state index is 11.1. The summed E-state index contributed by atoms with van der Waals surface area (Å²) < 4.78 is 5.50. The van der Waals surface area contributed by atoms with E-state index < -0.39 is 5.54 Å². The van der Waals surface area contributed by atoms with E-state index in [1.54, 1.807) is 0 Å². The lowest BCUT2D eigenvalue weighted by molar-refractivity contribution is 0.311. The van der Waals surface area contributed by atoms with Gasteiger partial charge >= 0.3 is 0 Å². The molecule has 0 aromatic rings. The number of allylic oxidation sites excluding steroid dienone is 2. The van der Waals surface area contributed by atoms with Gasteiger partial charge in [0.2, 0.25) is 0 Å². The predicted molar refractivity (Wildman–Crippen MR) is 81.9 cm³/mol. The van der Waals surface area contributed by atoms with Gasteiger partial charge in [0.05, 0.1) is 12.3 Å². The highest BCUT2D eigenvalue weighted by molar-refractivity contribution is 5.42. The van der Waals surface area contributed by atoms with Crippen molar-refractivity contribution >= 4 is 0 Å². The van der Waals surface area contributed by atoms with Crippen LogP contribution in [0.1, 0.15) is 20.3 Å². The van der Waals surface area contributed by atoms with Crippen LogP contribution < -0.4 is 11.5 Å². The molecule has 0 aromatic carbocycles. The second-order valence-electron chi connectivity index (χ2n) is 6.36. The van der Waals surface area contributed by atoms with E-state index in [1.165, 1.54) is 0 Å². The molecule has 3 aliphatic rings. The molecule has 0 radical (unpaired) electrons. The first kappa shape index (κ1) is 14.2. The van der Waals surface area contributed by atoms with Gasteiger partial charge in [-0.25, -0.2) is 0 Å². The van der Waals surface area contributed by atoms with Gasteiger partial charge in [0.25, 0.3) is 0 Å². The number of nitrogens with two attached hydrogens (primary N) is 2. The second kappa shape index (κ2) is 4.93. The van der Waals surface area contributed by atoms with Crippen LogP contribution in [0.4, 0.5) is 0 Å². The molecule has 1 aliphatic heterocycles. The highest BCUT2D eigenvalue weighted by Crippen LogP contribution is 2.43. The summed E-state index contributed by atoms with van der Waals surface area (Å²) >= 11 is 0. The molecule has 0 aromatic heterocycles. The Hall–Kier alpha value is -1.72. The molecule has 1 heterocycles. The van der Waals surface area contributed by atoms with E-state index in [1.807, 2.05) is 19.1 Å². The van der Waals surface area contributed by atoms with Gasteiger partial charge in [0, 0.05) is 29.5 Å². The molecule has 2 bridgehead atoms. The van der Waals surface area contributed by atoms with Crippen LogP contribution in [-0.4, -0.2) is 18.2 Å². The fraction of sp³-hybridized carbons (Fsp3) is 0.500. The first-order chi connectivity index (χ1) is 9.93. The van der Waals surface area contributed by atoms with E-state index in [0.717, 1.165) is 11.1 Å². The maximum atomic E-state index is 11.1. The monoisotopic (exact) mass is 287 g/mol. The molecule has 4 N–H and O–H groups in total. The zero-order valence-electron chi connectivity index (χ0n) is 12.4. The van der Waals surface area contributed by atoms with Crippen LogP contribution in [0.5, 0.6) is 0 Å². The van der Waals surface area contributed by atoms with Crippen molar-refractivity contribution in [3.8, 4) is 0 Å². The highest BCUT2D eigenvalue weighted by Gasteiger charge is 2.45. The van der Waals surface area contributed by atoms with Gasteiger partial charge in [-0.15, -0.1) is 4.91 Å². The summed E-state index contributed by atoms with van der Waals surface area (Å²) in [5.74, 6) is -0.0693.